The molecule has 1 N–H and O–H groups in total. The van der Waals surface area contributed by atoms with E-state index < -0.39 is 12.5 Å². The first kappa shape index (κ1) is 10.8. The average Bonchev–Trinajstić information content (AvgIpc) is 2.19. The fraction of sp³-hybridized carbons (Fsp3) is 0.444. The van der Waals surface area contributed by atoms with Crippen LogP contribution in [0.4, 0.5) is 8.78 Å². The maximum absolute atomic E-state index is 12.5. The molecule has 0 aromatic carbocycles. The second-order valence-electron chi connectivity index (χ2n) is 2.76. The lowest BCUT2D eigenvalue weighted by Crippen LogP contribution is -2.23. The summed E-state index contributed by atoms with van der Waals surface area (Å²) >= 11 is 0. The fourth-order valence-corrected chi connectivity index (χ4v) is 1.16. The van der Waals surface area contributed by atoms with E-state index in [1.807, 2.05) is 0 Å². The van der Waals surface area contributed by atoms with Crippen LogP contribution in [0.2, 0.25) is 0 Å². The van der Waals surface area contributed by atoms with Crippen LogP contribution < -0.4 is 10.1 Å². The summed E-state index contributed by atoms with van der Waals surface area (Å²) in [6, 6.07) is 0.540. The molecule has 0 aliphatic rings. The van der Waals surface area contributed by atoms with Gasteiger partial charge in [0, 0.05) is 6.20 Å². The van der Waals surface area contributed by atoms with Gasteiger partial charge in [0.2, 0.25) is 0 Å². The number of alkyl halides is 2. The SMILES string of the molecule is CNC(c1cncc(OC)c1)C(F)F. The fourth-order valence-electron chi connectivity index (χ4n) is 1.16. The van der Waals surface area contributed by atoms with Crippen LogP contribution in [0.5, 0.6) is 5.75 Å². The Bertz CT molecular complexity index is 294. The molecule has 5 heteroatoms. The Balaban J connectivity index is 2.92. The molecule has 0 saturated carbocycles. The number of pyridine rings is 1. The quantitative estimate of drug-likeness (QED) is 0.805. The Hall–Kier alpha value is -1.23. The van der Waals surface area contributed by atoms with Crippen LogP contribution in [0, 0.1) is 0 Å². The maximum atomic E-state index is 12.5. The van der Waals surface area contributed by atoms with Crippen LogP contribution in [0.15, 0.2) is 18.5 Å². The van der Waals surface area contributed by atoms with Crippen molar-refractivity contribution in [1.29, 1.82) is 0 Å². The molecule has 1 heterocycles. The number of hydrogen-bond acceptors (Lipinski definition) is 3. The van der Waals surface area contributed by atoms with E-state index >= 15 is 0 Å². The Kier molecular flexibility index (Phi) is 3.76. The summed E-state index contributed by atoms with van der Waals surface area (Å²) in [6.07, 6.45) is 0.409. The number of methoxy groups -OCH3 is 1. The second-order valence-corrected chi connectivity index (χ2v) is 2.76. The molecule has 1 unspecified atom stereocenters. The van der Waals surface area contributed by atoms with Crippen molar-refractivity contribution in [3.8, 4) is 5.75 Å². The average molecular weight is 202 g/mol. The molecule has 0 saturated heterocycles. The zero-order valence-electron chi connectivity index (χ0n) is 8.00. The van der Waals surface area contributed by atoms with Gasteiger partial charge in [0.05, 0.1) is 19.3 Å². The summed E-state index contributed by atoms with van der Waals surface area (Å²) in [5.74, 6) is 0.475. The molecule has 0 aliphatic carbocycles. The number of halogens is 2. The van der Waals surface area contributed by atoms with Gasteiger partial charge in [-0.25, -0.2) is 8.78 Å². The number of hydrogen-bond donors (Lipinski definition) is 1. The molecule has 0 bridgehead atoms. The lowest BCUT2D eigenvalue weighted by molar-refractivity contribution is 0.102. The molecule has 1 rings (SSSR count). The van der Waals surface area contributed by atoms with Gasteiger partial charge in [0.1, 0.15) is 5.75 Å². The monoisotopic (exact) mass is 202 g/mol. The van der Waals surface area contributed by atoms with E-state index in [9.17, 15) is 8.78 Å². The van der Waals surface area contributed by atoms with Crippen LogP contribution in [0.3, 0.4) is 0 Å². The second kappa shape index (κ2) is 4.85. The number of aromatic nitrogens is 1. The predicted molar refractivity (Wildman–Crippen MR) is 48.6 cm³/mol. The van der Waals surface area contributed by atoms with Gasteiger partial charge in [-0.1, -0.05) is 0 Å². The minimum atomic E-state index is -2.46. The van der Waals surface area contributed by atoms with Crippen molar-refractivity contribution in [3.05, 3.63) is 24.0 Å². The Morgan fingerprint density at radius 3 is 2.64 bits per heavy atom. The molecule has 0 amide bonds. The molecule has 0 spiro atoms. The third-order valence-corrected chi connectivity index (χ3v) is 1.89. The highest BCUT2D eigenvalue weighted by atomic mass is 19.3. The van der Waals surface area contributed by atoms with Crippen molar-refractivity contribution in [2.75, 3.05) is 14.2 Å². The Morgan fingerprint density at radius 1 is 1.43 bits per heavy atom. The molecular formula is C9H12F2N2O. The molecule has 0 radical (unpaired) electrons. The first-order valence-corrected chi connectivity index (χ1v) is 4.13. The van der Waals surface area contributed by atoms with E-state index in [0.29, 0.717) is 11.3 Å². The van der Waals surface area contributed by atoms with E-state index in [1.165, 1.54) is 26.6 Å². The van der Waals surface area contributed by atoms with Gasteiger partial charge in [-0.15, -0.1) is 0 Å². The highest BCUT2D eigenvalue weighted by molar-refractivity contribution is 5.26. The van der Waals surface area contributed by atoms with Crippen molar-refractivity contribution >= 4 is 0 Å². The summed E-state index contributed by atoms with van der Waals surface area (Å²) in [7, 11) is 2.95. The first-order valence-electron chi connectivity index (χ1n) is 4.13. The van der Waals surface area contributed by atoms with E-state index in [-0.39, 0.29) is 0 Å². The number of nitrogens with zero attached hydrogens (tertiary/aromatic N) is 1. The predicted octanol–water partition coefficient (Wildman–Crippen LogP) is 1.62. The lowest BCUT2D eigenvalue weighted by atomic mass is 10.1. The van der Waals surface area contributed by atoms with Gasteiger partial charge in [-0.05, 0) is 18.7 Å². The smallest absolute Gasteiger partial charge is 0.257 e. The van der Waals surface area contributed by atoms with Crippen LogP contribution in [-0.2, 0) is 0 Å². The number of ether oxygens (including phenoxy) is 1. The largest absolute Gasteiger partial charge is 0.495 e. The van der Waals surface area contributed by atoms with E-state index in [0.717, 1.165) is 0 Å². The topological polar surface area (TPSA) is 34.2 Å². The van der Waals surface area contributed by atoms with Crippen molar-refractivity contribution in [1.82, 2.24) is 10.3 Å². The van der Waals surface area contributed by atoms with Gasteiger partial charge in [0.25, 0.3) is 6.43 Å². The molecule has 1 atom stereocenters. The van der Waals surface area contributed by atoms with Crippen LogP contribution in [-0.4, -0.2) is 25.6 Å². The highest BCUT2D eigenvalue weighted by Gasteiger charge is 2.20. The molecular weight excluding hydrogens is 190 g/mol. The van der Waals surface area contributed by atoms with Gasteiger partial charge in [-0.2, -0.15) is 0 Å². The highest BCUT2D eigenvalue weighted by Crippen LogP contribution is 2.22. The van der Waals surface area contributed by atoms with Gasteiger partial charge >= 0.3 is 0 Å². The molecule has 1 aromatic heterocycles. The first-order chi connectivity index (χ1) is 6.69. The summed E-state index contributed by atoms with van der Waals surface area (Å²) in [4.78, 5) is 3.81. The Labute approximate surface area is 81.1 Å². The van der Waals surface area contributed by atoms with E-state index in [2.05, 4.69) is 10.3 Å². The van der Waals surface area contributed by atoms with Crippen molar-refractivity contribution in [3.63, 3.8) is 0 Å². The standard InChI is InChI=1S/C9H12F2N2O/c1-12-8(9(10)11)6-3-7(14-2)5-13-4-6/h3-5,8-9,12H,1-2H3. The van der Waals surface area contributed by atoms with Gasteiger partial charge in [-0.3, -0.25) is 4.98 Å². The zero-order valence-corrected chi connectivity index (χ0v) is 8.00. The van der Waals surface area contributed by atoms with Gasteiger partial charge < -0.3 is 10.1 Å². The minimum Gasteiger partial charge on any atom is -0.495 e. The van der Waals surface area contributed by atoms with Crippen LogP contribution in [0.25, 0.3) is 0 Å². The minimum absolute atomic E-state index is 0.418. The van der Waals surface area contributed by atoms with Crippen LogP contribution >= 0.6 is 0 Å². The molecule has 1 aromatic rings. The molecule has 0 aliphatic heterocycles. The van der Waals surface area contributed by atoms with Crippen molar-refractivity contribution in [2.45, 2.75) is 12.5 Å². The normalized spacial score (nSPS) is 12.9. The van der Waals surface area contributed by atoms with Gasteiger partial charge in [0.15, 0.2) is 0 Å². The summed E-state index contributed by atoms with van der Waals surface area (Å²) < 4.78 is 29.9. The van der Waals surface area contributed by atoms with Crippen LogP contribution in [0.1, 0.15) is 11.6 Å². The molecule has 14 heavy (non-hydrogen) atoms. The number of nitrogens with one attached hydrogen (secondary N) is 1. The molecule has 0 fully saturated rings. The Morgan fingerprint density at radius 2 is 2.14 bits per heavy atom. The van der Waals surface area contributed by atoms with E-state index in [4.69, 9.17) is 4.74 Å². The lowest BCUT2D eigenvalue weighted by Gasteiger charge is -2.15. The van der Waals surface area contributed by atoms with Crippen molar-refractivity contribution < 1.29 is 13.5 Å². The summed E-state index contributed by atoms with van der Waals surface area (Å²) in [6.45, 7) is 0. The summed E-state index contributed by atoms with van der Waals surface area (Å²) in [5, 5.41) is 2.52. The maximum Gasteiger partial charge on any atom is 0.257 e. The molecule has 3 nitrogen and oxygen atoms in total. The zero-order chi connectivity index (χ0) is 10.6. The number of rotatable bonds is 4. The van der Waals surface area contributed by atoms with E-state index in [1.54, 1.807) is 6.07 Å². The third kappa shape index (κ3) is 2.38. The van der Waals surface area contributed by atoms with Crippen molar-refractivity contribution in [2.24, 2.45) is 0 Å². The third-order valence-electron chi connectivity index (χ3n) is 1.89. The molecule has 78 valence electrons. The summed E-state index contributed by atoms with van der Waals surface area (Å²) in [5.41, 5.74) is 0.418.